The monoisotopic (exact) mass is 440 g/mol. The van der Waals surface area contributed by atoms with Gasteiger partial charge in [0.1, 0.15) is 5.82 Å². The van der Waals surface area contributed by atoms with Crippen LogP contribution in [0.3, 0.4) is 0 Å². The minimum atomic E-state index is -3.66. The van der Waals surface area contributed by atoms with Crippen LogP contribution in [0.5, 0.6) is 0 Å². The van der Waals surface area contributed by atoms with Crippen LogP contribution in [-0.4, -0.2) is 36.3 Å². The van der Waals surface area contributed by atoms with Gasteiger partial charge in [-0.25, -0.2) is 12.8 Å². The van der Waals surface area contributed by atoms with Crippen LogP contribution in [-0.2, 0) is 34.5 Å². The van der Waals surface area contributed by atoms with Gasteiger partial charge >= 0.3 is 0 Å². The van der Waals surface area contributed by atoms with Gasteiger partial charge in [0.25, 0.3) is 0 Å². The van der Waals surface area contributed by atoms with Crippen LogP contribution in [0.25, 0.3) is 0 Å². The van der Waals surface area contributed by atoms with Gasteiger partial charge < -0.3 is 4.90 Å². The largest absolute Gasteiger partial charge is 0.333 e. The lowest BCUT2D eigenvalue weighted by Crippen LogP contribution is -2.41. The lowest BCUT2D eigenvalue weighted by Gasteiger charge is -2.27. The molecule has 0 aliphatic rings. The minimum absolute atomic E-state index is 0.00460. The maximum absolute atomic E-state index is 13.2. The van der Waals surface area contributed by atoms with Crippen molar-refractivity contribution in [3.63, 3.8) is 0 Å². The summed E-state index contributed by atoms with van der Waals surface area (Å²) in [5, 5.41) is 0. The van der Waals surface area contributed by atoms with E-state index in [9.17, 15) is 17.6 Å². The molecule has 3 aromatic carbocycles. The molecule has 0 saturated carbocycles. The highest BCUT2D eigenvalue weighted by atomic mass is 32.2. The summed E-state index contributed by atoms with van der Waals surface area (Å²) in [6, 6.07) is 24.7. The predicted molar refractivity (Wildman–Crippen MR) is 119 cm³/mol. The minimum Gasteiger partial charge on any atom is -0.333 e. The van der Waals surface area contributed by atoms with Gasteiger partial charge in [0.2, 0.25) is 15.9 Å². The van der Waals surface area contributed by atoms with Crippen molar-refractivity contribution in [1.82, 2.24) is 9.21 Å². The maximum atomic E-state index is 13.2. The fourth-order valence-corrected chi connectivity index (χ4v) is 3.90. The standard InChI is InChI=1S/C24H25FN2O3S/c1-31(29,30)27(18-22-12-14-23(25)15-13-22)19-24(28)26(16-20-8-4-2-5-9-20)17-21-10-6-3-7-11-21/h2-15H,16-19H2,1H3. The Morgan fingerprint density at radius 2 is 1.19 bits per heavy atom. The first-order valence-electron chi connectivity index (χ1n) is 9.86. The zero-order valence-electron chi connectivity index (χ0n) is 17.3. The Hall–Kier alpha value is -3.03. The summed E-state index contributed by atoms with van der Waals surface area (Å²) >= 11 is 0. The quantitative estimate of drug-likeness (QED) is 0.508. The van der Waals surface area contributed by atoms with Crippen molar-refractivity contribution in [2.24, 2.45) is 0 Å². The van der Waals surface area contributed by atoms with Crippen LogP contribution in [0.15, 0.2) is 84.9 Å². The fourth-order valence-electron chi connectivity index (χ4n) is 3.17. The number of amides is 1. The average Bonchev–Trinajstić information content (AvgIpc) is 2.75. The van der Waals surface area contributed by atoms with Gasteiger partial charge in [0.15, 0.2) is 0 Å². The predicted octanol–water partition coefficient (Wildman–Crippen LogP) is 3.82. The average molecular weight is 441 g/mol. The molecule has 3 aromatic rings. The molecule has 0 fully saturated rings. The molecule has 7 heteroatoms. The number of hydrogen-bond donors (Lipinski definition) is 0. The molecular weight excluding hydrogens is 415 g/mol. The fraction of sp³-hybridized carbons (Fsp3) is 0.208. The Morgan fingerprint density at radius 1 is 0.742 bits per heavy atom. The number of carbonyl (C=O) groups excluding carboxylic acids is 1. The first kappa shape index (κ1) is 22.7. The van der Waals surface area contributed by atoms with Gasteiger partial charge in [-0.15, -0.1) is 0 Å². The van der Waals surface area contributed by atoms with Gasteiger partial charge in [0, 0.05) is 19.6 Å². The Labute approximate surface area is 182 Å². The van der Waals surface area contributed by atoms with E-state index in [1.807, 2.05) is 60.7 Å². The molecule has 0 spiro atoms. The number of benzene rings is 3. The molecule has 0 heterocycles. The summed E-state index contributed by atoms with van der Waals surface area (Å²) in [4.78, 5) is 14.9. The third-order valence-electron chi connectivity index (χ3n) is 4.84. The van der Waals surface area contributed by atoms with Crippen molar-refractivity contribution in [2.45, 2.75) is 19.6 Å². The van der Waals surface area contributed by atoms with Gasteiger partial charge in [-0.05, 0) is 28.8 Å². The molecule has 0 N–H and O–H groups in total. The highest BCUT2D eigenvalue weighted by Crippen LogP contribution is 2.14. The molecule has 162 valence electrons. The van der Waals surface area contributed by atoms with Gasteiger partial charge in [-0.1, -0.05) is 72.8 Å². The topological polar surface area (TPSA) is 57.7 Å². The van der Waals surface area contributed by atoms with E-state index < -0.39 is 15.8 Å². The van der Waals surface area contributed by atoms with Crippen molar-refractivity contribution in [1.29, 1.82) is 0 Å². The highest BCUT2D eigenvalue weighted by Gasteiger charge is 2.24. The first-order valence-corrected chi connectivity index (χ1v) is 11.7. The van der Waals surface area contributed by atoms with Crippen LogP contribution in [0, 0.1) is 5.82 Å². The van der Waals surface area contributed by atoms with Crippen LogP contribution in [0.1, 0.15) is 16.7 Å². The second-order valence-electron chi connectivity index (χ2n) is 7.38. The Bertz CT molecular complexity index is 1050. The third-order valence-corrected chi connectivity index (χ3v) is 6.03. The van der Waals surface area contributed by atoms with Crippen molar-refractivity contribution >= 4 is 15.9 Å². The highest BCUT2D eigenvalue weighted by molar-refractivity contribution is 7.88. The second-order valence-corrected chi connectivity index (χ2v) is 9.36. The zero-order chi connectivity index (χ0) is 22.3. The zero-order valence-corrected chi connectivity index (χ0v) is 18.1. The molecule has 0 unspecified atom stereocenters. The number of nitrogens with zero attached hydrogens (tertiary/aromatic N) is 2. The molecule has 1 amide bonds. The summed E-state index contributed by atoms with van der Waals surface area (Å²) < 4.78 is 39.0. The van der Waals surface area contributed by atoms with Crippen molar-refractivity contribution < 1.29 is 17.6 Å². The molecular formula is C24H25FN2O3S. The van der Waals surface area contributed by atoms with Crippen LogP contribution in [0.2, 0.25) is 0 Å². The molecule has 0 saturated heterocycles. The summed E-state index contributed by atoms with van der Waals surface area (Å²) in [5.41, 5.74) is 2.52. The van der Waals surface area contributed by atoms with Crippen molar-refractivity contribution in [3.05, 3.63) is 107 Å². The van der Waals surface area contributed by atoms with Gasteiger partial charge in [0.05, 0.1) is 12.8 Å². The molecule has 3 rings (SSSR count). The molecule has 0 bridgehead atoms. The second kappa shape index (κ2) is 10.3. The van der Waals surface area contributed by atoms with E-state index in [0.29, 0.717) is 18.7 Å². The molecule has 5 nitrogen and oxygen atoms in total. The van der Waals surface area contributed by atoms with E-state index in [2.05, 4.69) is 0 Å². The lowest BCUT2D eigenvalue weighted by molar-refractivity contribution is -0.132. The molecule has 0 aliphatic carbocycles. The Morgan fingerprint density at radius 3 is 1.65 bits per heavy atom. The van der Waals surface area contributed by atoms with E-state index >= 15 is 0 Å². The van der Waals surface area contributed by atoms with Crippen molar-refractivity contribution in [3.8, 4) is 0 Å². The molecule has 0 radical (unpaired) electrons. The van der Waals surface area contributed by atoms with Gasteiger partial charge in [-0.3, -0.25) is 4.79 Å². The van der Waals surface area contributed by atoms with Crippen LogP contribution in [0.4, 0.5) is 4.39 Å². The van der Waals surface area contributed by atoms with E-state index in [-0.39, 0.29) is 19.0 Å². The molecule has 0 aromatic heterocycles. The van der Waals surface area contributed by atoms with Crippen LogP contribution < -0.4 is 0 Å². The summed E-state index contributed by atoms with van der Waals surface area (Å²) in [6.45, 7) is 0.427. The number of rotatable bonds is 9. The smallest absolute Gasteiger partial charge is 0.238 e. The van der Waals surface area contributed by atoms with Gasteiger partial charge in [-0.2, -0.15) is 4.31 Å². The first-order chi connectivity index (χ1) is 14.8. The van der Waals surface area contributed by atoms with Crippen molar-refractivity contribution in [2.75, 3.05) is 12.8 Å². The number of halogens is 1. The lowest BCUT2D eigenvalue weighted by atomic mass is 10.1. The molecule has 31 heavy (non-hydrogen) atoms. The van der Waals surface area contributed by atoms with E-state index in [1.54, 1.807) is 4.90 Å². The Balaban J connectivity index is 1.80. The van der Waals surface area contributed by atoms with E-state index in [0.717, 1.165) is 21.7 Å². The van der Waals surface area contributed by atoms with E-state index in [1.165, 1.54) is 24.3 Å². The number of carbonyl (C=O) groups is 1. The SMILES string of the molecule is CS(=O)(=O)N(CC(=O)N(Cc1ccccc1)Cc1ccccc1)Cc1ccc(F)cc1. The molecule has 0 aliphatic heterocycles. The number of hydrogen-bond acceptors (Lipinski definition) is 3. The third kappa shape index (κ3) is 7.01. The molecule has 0 atom stereocenters. The Kier molecular flexibility index (Phi) is 7.55. The summed E-state index contributed by atoms with van der Waals surface area (Å²) in [7, 11) is -3.66. The van der Waals surface area contributed by atoms with E-state index in [4.69, 9.17) is 0 Å². The number of sulfonamides is 1. The summed E-state index contributed by atoms with van der Waals surface area (Å²) in [6.07, 6.45) is 1.07. The van der Waals surface area contributed by atoms with Crippen LogP contribution >= 0.6 is 0 Å². The normalized spacial score (nSPS) is 11.5. The maximum Gasteiger partial charge on any atom is 0.238 e. The summed E-state index contributed by atoms with van der Waals surface area (Å²) in [5.74, 6) is -0.706.